The predicted octanol–water partition coefficient (Wildman–Crippen LogP) is 3.15. The summed E-state index contributed by atoms with van der Waals surface area (Å²) in [7, 11) is 0. The molecule has 0 saturated carbocycles. The van der Waals surface area contributed by atoms with Gasteiger partial charge in [-0.2, -0.15) is 0 Å². The van der Waals surface area contributed by atoms with Crippen LogP contribution in [0.25, 0.3) is 0 Å². The molecule has 0 saturated heterocycles. The molecular weight excluding hydrogens is 260 g/mol. The van der Waals surface area contributed by atoms with Crippen LogP contribution in [0.2, 0.25) is 5.02 Å². The van der Waals surface area contributed by atoms with Gasteiger partial charge in [0.1, 0.15) is 0 Å². The van der Waals surface area contributed by atoms with Crippen LogP contribution in [0.1, 0.15) is 24.2 Å². The number of hydrogen-bond acceptors (Lipinski definition) is 2. The van der Waals surface area contributed by atoms with Gasteiger partial charge in [-0.25, -0.2) is 0 Å². The fraction of sp³-hybridized carbons (Fsp3) is 0.200. The Morgan fingerprint density at radius 3 is 2.84 bits per heavy atom. The number of aromatic nitrogens is 1. The molecule has 0 aliphatic carbocycles. The van der Waals surface area contributed by atoms with Crippen molar-refractivity contribution in [2.45, 2.75) is 19.4 Å². The number of nitrogens with zero attached hydrogens (tertiary/aromatic N) is 1. The minimum atomic E-state index is -0.104. The van der Waals surface area contributed by atoms with Gasteiger partial charge in [0.05, 0.1) is 18.2 Å². The van der Waals surface area contributed by atoms with Gasteiger partial charge in [0, 0.05) is 11.2 Å². The molecule has 2 rings (SSSR count). The molecule has 0 fully saturated rings. The van der Waals surface area contributed by atoms with Crippen LogP contribution >= 0.6 is 11.6 Å². The third-order valence-electron chi connectivity index (χ3n) is 2.76. The highest BCUT2D eigenvalue weighted by Gasteiger charge is 2.10. The van der Waals surface area contributed by atoms with E-state index >= 15 is 0 Å². The van der Waals surface area contributed by atoms with E-state index in [1.54, 1.807) is 18.3 Å². The average molecular weight is 275 g/mol. The topological polar surface area (TPSA) is 42.0 Å². The molecule has 1 N–H and O–H groups in total. The quantitative estimate of drug-likeness (QED) is 0.931. The van der Waals surface area contributed by atoms with Gasteiger partial charge in [-0.1, -0.05) is 29.8 Å². The van der Waals surface area contributed by atoms with Crippen LogP contribution < -0.4 is 5.32 Å². The Bertz CT molecular complexity index is 557. The molecule has 1 aromatic heterocycles. The first-order chi connectivity index (χ1) is 9.15. The van der Waals surface area contributed by atoms with Crippen molar-refractivity contribution in [3.63, 3.8) is 0 Å². The van der Waals surface area contributed by atoms with E-state index < -0.39 is 0 Å². The van der Waals surface area contributed by atoms with Crippen molar-refractivity contribution in [1.82, 2.24) is 10.3 Å². The highest BCUT2D eigenvalue weighted by atomic mass is 35.5. The Morgan fingerprint density at radius 2 is 2.16 bits per heavy atom. The standard InChI is InChI=1S/C15H15ClN2O/c1-11(14-7-2-3-8-17-14)18-15(19)10-12-5-4-6-13(16)9-12/h2-9,11H,10H2,1H3,(H,18,19). The van der Waals surface area contributed by atoms with Crippen molar-refractivity contribution in [1.29, 1.82) is 0 Å². The molecule has 1 atom stereocenters. The first-order valence-corrected chi connectivity index (χ1v) is 6.47. The lowest BCUT2D eigenvalue weighted by Crippen LogP contribution is -2.28. The van der Waals surface area contributed by atoms with Gasteiger partial charge in [-0.15, -0.1) is 0 Å². The van der Waals surface area contributed by atoms with E-state index in [1.165, 1.54) is 0 Å². The van der Waals surface area contributed by atoms with Crippen LogP contribution in [-0.4, -0.2) is 10.9 Å². The lowest BCUT2D eigenvalue weighted by molar-refractivity contribution is -0.121. The molecule has 4 heteroatoms. The van der Waals surface area contributed by atoms with Crippen LogP contribution in [0, 0.1) is 0 Å². The lowest BCUT2D eigenvalue weighted by Gasteiger charge is -2.13. The minimum absolute atomic E-state index is 0.0413. The molecule has 1 aromatic carbocycles. The molecule has 0 bridgehead atoms. The summed E-state index contributed by atoms with van der Waals surface area (Å²) in [5.74, 6) is -0.0413. The van der Waals surface area contributed by atoms with Crippen molar-refractivity contribution < 1.29 is 4.79 Å². The summed E-state index contributed by atoms with van der Waals surface area (Å²) < 4.78 is 0. The molecule has 1 unspecified atom stereocenters. The highest BCUT2D eigenvalue weighted by molar-refractivity contribution is 6.30. The zero-order valence-corrected chi connectivity index (χ0v) is 11.4. The Labute approximate surface area is 117 Å². The van der Waals surface area contributed by atoms with E-state index in [-0.39, 0.29) is 11.9 Å². The minimum Gasteiger partial charge on any atom is -0.348 e. The SMILES string of the molecule is CC(NC(=O)Cc1cccc(Cl)c1)c1ccccn1. The number of carbonyl (C=O) groups excluding carboxylic acids is 1. The van der Waals surface area contributed by atoms with Gasteiger partial charge in [-0.3, -0.25) is 9.78 Å². The first-order valence-electron chi connectivity index (χ1n) is 6.10. The van der Waals surface area contributed by atoms with Crippen LogP contribution in [0.4, 0.5) is 0 Å². The second-order valence-electron chi connectivity index (χ2n) is 4.35. The van der Waals surface area contributed by atoms with Gasteiger partial charge in [-0.05, 0) is 36.8 Å². The number of benzene rings is 1. The van der Waals surface area contributed by atoms with Gasteiger partial charge in [0.15, 0.2) is 0 Å². The monoisotopic (exact) mass is 274 g/mol. The van der Waals surface area contributed by atoms with E-state index in [0.29, 0.717) is 11.4 Å². The zero-order valence-electron chi connectivity index (χ0n) is 10.6. The summed E-state index contributed by atoms with van der Waals surface area (Å²) in [6.07, 6.45) is 2.03. The van der Waals surface area contributed by atoms with Gasteiger partial charge in [0.25, 0.3) is 0 Å². The fourth-order valence-corrected chi connectivity index (χ4v) is 2.04. The van der Waals surface area contributed by atoms with Crippen LogP contribution in [-0.2, 0) is 11.2 Å². The number of pyridine rings is 1. The Morgan fingerprint density at radius 1 is 1.32 bits per heavy atom. The third kappa shape index (κ3) is 4.07. The van der Waals surface area contributed by atoms with E-state index in [0.717, 1.165) is 11.3 Å². The van der Waals surface area contributed by atoms with Gasteiger partial charge in [0.2, 0.25) is 5.91 Å². The summed E-state index contributed by atoms with van der Waals surface area (Å²) in [5, 5.41) is 3.56. The fourth-order valence-electron chi connectivity index (χ4n) is 1.83. The summed E-state index contributed by atoms with van der Waals surface area (Å²) in [6.45, 7) is 1.91. The molecule has 3 nitrogen and oxygen atoms in total. The van der Waals surface area contributed by atoms with E-state index in [4.69, 9.17) is 11.6 Å². The van der Waals surface area contributed by atoms with Crippen molar-refractivity contribution in [2.75, 3.05) is 0 Å². The summed E-state index contributed by atoms with van der Waals surface area (Å²) in [6, 6.07) is 12.9. The van der Waals surface area contributed by atoms with Crippen molar-refractivity contribution in [2.24, 2.45) is 0 Å². The molecule has 19 heavy (non-hydrogen) atoms. The molecule has 0 spiro atoms. The van der Waals surface area contributed by atoms with E-state index in [9.17, 15) is 4.79 Å². The molecule has 0 radical (unpaired) electrons. The molecule has 98 valence electrons. The average Bonchev–Trinajstić information content (AvgIpc) is 2.39. The number of nitrogens with one attached hydrogen (secondary N) is 1. The number of carbonyl (C=O) groups is 1. The van der Waals surface area contributed by atoms with Crippen molar-refractivity contribution in [3.8, 4) is 0 Å². The van der Waals surface area contributed by atoms with Gasteiger partial charge >= 0.3 is 0 Å². The van der Waals surface area contributed by atoms with Crippen LogP contribution in [0.3, 0.4) is 0 Å². The zero-order chi connectivity index (χ0) is 13.7. The van der Waals surface area contributed by atoms with E-state index in [1.807, 2.05) is 37.3 Å². The molecule has 2 aromatic rings. The van der Waals surface area contributed by atoms with E-state index in [2.05, 4.69) is 10.3 Å². The summed E-state index contributed by atoms with van der Waals surface area (Å²) >= 11 is 5.89. The first kappa shape index (κ1) is 13.6. The number of halogens is 1. The number of rotatable bonds is 4. The number of amides is 1. The maximum atomic E-state index is 11.9. The largest absolute Gasteiger partial charge is 0.348 e. The van der Waals surface area contributed by atoms with Crippen molar-refractivity contribution in [3.05, 3.63) is 64.9 Å². The normalized spacial score (nSPS) is 11.9. The Kier molecular flexibility index (Phi) is 4.53. The molecule has 1 heterocycles. The maximum Gasteiger partial charge on any atom is 0.224 e. The third-order valence-corrected chi connectivity index (χ3v) is 3.00. The second kappa shape index (κ2) is 6.34. The predicted molar refractivity (Wildman–Crippen MR) is 76.0 cm³/mol. The van der Waals surface area contributed by atoms with Gasteiger partial charge < -0.3 is 5.32 Å². The molecular formula is C15H15ClN2O. The Hall–Kier alpha value is -1.87. The summed E-state index contributed by atoms with van der Waals surface area (Å²) in [4.78, 5) is 16.1. The van der Waals surface area contributed by atoms with Crippen LogP contribution in [0.15, 0.2) is 48.7 Å². The highest BCUT2D eigenvalue weighted by Crippen LogP contribution is 2.12. The molecule has 0 aliphatic heterocycles. The van der Waals surface area contributed by atoms with Crippen molar-refractivity contribution >= 4 is 17.5 Å². The summed E-state index contributed by atoms with van der Waals surface area (Å²) in [5.41, 5.74) is 1.75. The maximum absolute atomic E-state index is 11.9. The van der Waals surface area contributed by atoms with Crippen LogP contribution in [0.5, 0.6) is 0 Å². The second-order valence-corrected chi connectivity index (χ2v) is 4.79. The molecule has 1 amide bonds. The lowest BCUT2D eigenvalue weighted by atomic mass is 10.1. The smallest absolute Gasteiger partial charge is 0.224 e. The number of hydrogen-bond donors (Lipinski definition) is 1. The molecule has 0 aliphatic rings. The Balaban J connectivity index is 1.95.